The number of aromatic nitrogens is 2. The van der Waals surface area contributed by atoms with Gasteiger partial charge in [0.05, 0.1) is 0 Å². The van der Waals surface area contributed by atoms with Gasteiger partial charge in [0.25, 0.3) is 0 Å². The average molecular weight is 422 g/mol. The van der Waals surface area contributed by atoms with Gasteiger partial charge in [0.1, 0.15) is 12.0 Å². The molecule has 0 spiro atoms. The van der Waals surface area contributed by atoms with Crippen LogP contribution in [0.4, 0.5) is 4.39 Å². The summed E-state index contributed by atoms with van der Waals surface area (Å²) < 4.78 is 19.6. The van der Waals surface area contributed by atoms with E-state index in [-0.39, 0.29) is 17.2 Å². The Labute approximate surface area is 174 Å². The van der Waals surface area contributed by atoms with Crippen molar-refractivity contribution in [1.29, 1.82) is 0 Å². The van der Waals surface area contributed by atoms with Crippen LogP contribution in [0.15, 0.2) is 18.2 Å². The predicted octanol–water partition coefficient (Wildman–Crippen LogP) is 4.13. The van der Waals surface area contributed by atoms with Crippen LogP contribution in [0.2, 0.25) is 5.02 Å². The summed E-state index contributed by atoms with van der Waals surface area (Å²) in [5, 5.41) is 11.4. The van der Waals surface area contributed by atoms with E-state index in [2.05, 4.69) is 9.47 Å². The molecule has 1 unspecified atom stereocenters. The van der Waals surface area contributed by atoms with Gasteiger partial charge in [-0.25, -0.2) is 4.39 Å². The Morgan fingerprint density at radius 1 is 1.32 bits per heavy atom. The monoisotopic (exact) mass is 421 g/mol. The highest BCUT2D eigenvalue weighted by atomic mass is 35.5. The van der Waals surface area contributed by atoms with Crippen molar-refractivity contribution in [3.8, 4) is 0 Å². The minimum absolute atomic E-state index is 0.192. The Morgan fingerprint density at radius 3 is 2.82 bits per heavy atom. The van der Waals surface area contributed by atoms with Gasteiger partial charge in [-0.2, -0.15) is 0 Å². The largest absolute Gasteiger partial charge is 0.378 e. The number of hydrogen-bond acceptors (Lipinski definition) is 3. The molecule has 2 fully saturated rings. The lowest BCUT2D eigenvalue weighted by atomic mass is 9.93. The number of nitrogens with zero attached hydrogens (tertiary/aromatic N) is 3. The molecule has 1 N–H and O–H groups in total. The van der Waals surface area contributed by atoms with Gasteiger partial charge in [-0.1, -0.05) is 18.0 Å². The van der Waals surface area contributed by atoms with E-state index < -0.39 is 6.23 Å². The van der Waals surface area contributed by atoms with E-state index in [9.17, 15) is 9.50 Å². The molecule has 0 radical (unpaired) electrons. The highest BCUT2D eigenvalue weighted by Gasteiger charge is 2.63. The van der Waals surface area contributed by atoms with Crippen molar-refractivity contribution in [2.45, 2.75) is 56.2 Å². The van der Waals surface area contributed by atoms with Crippen LogP contribution in [-0.2, 0) is 25.4 Å². The summed E-state index contributed by atoms with van der Waals surface area (Å²) in [6.45, 7) is 2.59. The average Bonchev–Trinajstić information content (AvgIpc) is 3.26. The molecular formula is C21H25ClFN3OS. The van der Waals surface area contributed by atoms with Gasteiger partial charge in [-0.15, -0.1) is 0 Å². The molecule has 0 bridgehead atoms. The Bertz CT molecular complexity index is 996. The number of rotatable bonds is 4. The second-order valence-electron chi connectivity index (χ2n) is 8.58. The lowest BCUT2D eigenvalue weighted by Crippen LogP contribution is -2.40. The summed E-state index contributed by atoms with van der Waals surface area (Å²) in [6, 6.07) is 4.84. The molecule has 1 saturated carbocycles. The van der Waals surface area contributed by atoms with Crippen molar-refractivity contribution < 1.29 is 9.50 Å². The number of aliphatic hydroxyl groups is 1. The second-order valence-corrected chi connectivity index (χ2v) is 9.38. The molecule has 0 amide bonds. The number of aliphatic hydroxyl groups excluding tert-OH is 1. The zero-order valence-electron chi connectivity index (χ0n) is 16.0. The topological polar surface area (TPSA) is 33.3 Å². The van der Waals surface area contributed by atoms with E-state index in [4.69, 9.17) is 23.8 Å². The first-order chi connectivity index (χ1) is 13.4. The predicted molar refractivity (Wildman–Crippen MR) is 110 cm³/mol. The van der Waals surface area contributed by atoms with Crippen molar-refractivity contribution in [2.75, 3.05) is 13.1 Å². The summed E-state index contributed by atoms with van der Waals surface area (Å²) in [5.41, 5.74) is 2.74. The van der Waals surface area contributed by atoms with Crippen LogP contribution in [-0.4, -0.2) is 38.5 Å². The molecular weight excluding hydrogens is 397 g/mol. The Balaban J connectivity index is 1.48. The standard InChI is InChI=1S/C21H25ClFN3OS/c1-24-17(10-18(27)25-7-3-2-4-8-25)19-15-11-21(15,12-26(19)20(24)28)14-9-13(22)5-6-16(14)23/h5-6,9,15,18,27H,2-4,7-8,10-12H2,1H3/t15-,18?,21+/m0/s1. The smallest absolute Gasteiger partial charge is 0.180 e. The fourth-order valence-electron chi connectivity index (χ4n) is 5.41. The normalized spacial score (nSPS) is 27.5. The number of benzene rings is 1. The van der Waals surface area contributed by atoms with Gasteiger partial charge in [0.15, 0.2) is 4.77 Å². The Hall–Kier alpha value is -1.21. The highest BCUT2D eigenvalue weighted by molar-refractivity contribution is 7.71. The van der Waals surface area contributed by atoms with Gasteiger partial charge >= 0.3 is 0 Å². The van der Waals surface area contributed by atoms with Crippen molar-refractivity contribution in [2.24, 2.45) is 7.05 Å². The molecule has 2 aromatic rings. The van der Waals surface area contributed by atoms with E-state index in [0.29, 0.717) is 23.6 Å². The summed E-state index contributed by atoms with van der Waals surface area (Å²) >= 11 is 11.9. The molecule has 1 aromatic carbocycles. The molecule has 5 rings (SSSR count). The number of fused-ring (bicyclic) bond motifs is 3. The highest BCUT2D eigenvalue weighted by Crippen LogP contribution is 2.66. The van der Waals surface area contributed by atoms with Crippen LogP contribution in [0.1, 0.15) is 48.6 Å². The number of hydrogen-bond donors (Lipinski definition) is 1. The summed E-state index contributed by atoms with van der Waals surface area (Å²) in [5.74, 6) is 0.0507. The fourth-order valence-corrected chi connectivity index (χ4v) is 5.86. The van der Waals surface area contributed by atoms with Crippen molar-refractivity contribution in [3.05, 3.63) is 50.8 Å². The van der Waals surface area contributed by atoms with Crippen LogP contribution < -0.4 is 0 Å². The summed E-state index contributed by atoms with van der Waals surface area (Å²) in [4.78, 5) is 2.17. The third kappa shape index (κ3) is 2.72. The van der Waals surface area contributed by atoms with E-state index in [1.807, 2.05) is 11.6 Å². The first-order valence-electron chi connectivity index (χ1n) is 10.1. The fraction of sp³-hybridized carbons (Fsp3) is 0.571. The molecule has 3 aliphatic rings. The zero-order valence-corrected chi connectivity index (χ0v) is 17.6. The maximum atomic E-state index is 14.6. The van der Waals surface area contributed by atoms with Crippen LogP contribution in [0.25, 0.3) is 0 Å². The summed E-state index contributed by atoms with van der Waals surface area (Å²) in [7, 11) is 1.98. The quantitative estimate of drug-likeness (QED) is 0.753. The maximum Gasteiger partial charge on any atom is 0.180 e. The third-order valence-corrected chi connectivity index (χ3v) is 7.74. The van der Waals surface area contributed by atoms with E-state index in [0.717, 1.165) is 42.8 Å². The minimum Gasteiger partial charge on any atom is -0.378 e. The van der Waals surface area contributed by atoms with Crippen molar-refractivity contribution >= 4 is 23.8 Å². The van der Waals surface area contributed by atoms with Crippen LogP contribution >= 0.6 is 23.8 Å². The van der Waals surface area contributed by atoms with Gasteiger partial charge in [-0.3, -0.25) is 4.90 Å². The van der Waals surface area contributed by atoms with Crippen LogP contribution in [0, 0.1) is 10.6 Å². The van der Waals surface area contributed by atoms with E-state index in [1.54, 1.807) is 12.1 Å². The molecule has 3 atom stereocenters. The van der Waals surface area contributed by atoms with Crippen LogP contribution in [0.3, 0.4) is 0 Å². The molecule has 3 heterocycles. The molecule has 2 aliphatic heterocycles. The molecule has 150 valence electrons. The number of imidazole rings is 1. The van der Waals surface area contributed by atoms with Gasteiger partial charge < -0.3 is 14.2 Å². The minimum atomic E-state index is -0.496. The van der Waals surface area contributed by atoms with Crippen molar-refractivity contribution in [3.63, 3.8) is 0 Å². The Kier molecular flexibility index (Phi) is 4.47. The number of piperidine rings is 1. The van der Waals surface area contributed by atoms with Crippen LogP contribution in [0.5, 0.6) is 0 Å². The SMILES string of the molecule is Cn1c(CC(O)N2CCCCC2)c2n(c1=S)C[C@@]1(c3cc(Cl)ccc3F)C[C@@H]21. The number of halogens is 2. The molecule has 1 saturated heterocycles. The number of likely N-dealkylation sites (tertiary alicyclic amines) is 1. The van der Waals surface area contributed by atoms with Gasteiger partial charge in [0, 0.05) is 60.8 Å². The van der Waals surface area contributed by atoms with Crippen molar-refractivity contribution in [1.82, 2.24) is 14.0 Å². The molecule has 1 aliphatic carbocycles. The van der Waals surface area contributed by atoms with Gasteiger partial charge in [-0.05, 0) is 55.2 Å². The van der Waals surface area contributed by atoms with E-state index in [1.165, 1.54) is 18.2 Å². The first kappa shape index (κ1) is 18.8. The lowest BCUT2D eigenvalue weighted by Gasteiger charge is -2.31. The molecule has 4 nitrogen and oxygen atoms in total. The first-order valence-corrected chi connectivity index (χ1v) is 10.9. The van der Waals surface area contributed by atoms with E-state index >= 15 is 0 Å². The summed E-state index contributed by atoms with van der Waals surface area (Å²) in [6.07, 6.45) is 4.50. The Morgan fingerprint density at radius 2 is 2.07 bits per heavy atom. The lowest BCUT2D eigenvalue weighted by molar-refractivity contribution is -0.00815. The molecule has 28 heavy (non-hydrogen) atoms. The van der Waals surface area contributed by atoms with Gasteiger partial charge in [0.2, 0.25) is 0 Å². The second kappa shape index (κ2) is 6.66. The molecule has 1 aromatic heterocycles. The third-order valence-electron chi connectivity index (χ3n) is 7.01. The molecule has 7 heteroatoms. The zero-order chi connectivity index (χ0) is 19.6. The maximum absolute atomic E-state index is 14.6.